The largest absolute Gasteiger partial charge is 0.478 e. The Kier molecular flexibility index (Phi) is 1.94. The molecule has 86 valence electrons. The van der Waals surface area contributed by atoms with Gasteiger partial charge in [-0.3, -0.25) is 0 Å². The minimum Gasteiger partial charge on any atom is -0.478 e. The van der Waals surface area contributed by atoms with Crippen molar-refractivity contribution in [2.24, 2.45) is 0 Å². The fourth-order valence-electron chi connectivity index (χ4n) is 1.09. The van der Waals surface area contributed by atoms with Crippen molar-refractivity contribution in [1.82, 2.24) is 0 Å². The van der Waals surface area contributed by atoms with E-state index in [0.717, 1.165) is 18.2 Å². The fraction of sp³-hybridized carbons (Fsp3) is 0.125. The molecule has 0 aliphatic heterocycles. The first-order chi connectivity index (χ1) is 6.41. The number of rotatable bonds is 2. The van der Waals surface area contributed by atoms with E-state index in [4.69, 9.17) is 5.11 Å². The van der Waals surface area contributed by atoms with E-state index in [-0.39, 0.29) is 0 Å². The maximum atomic E-state index is 13.0. The Bertz CT molecular complexity index is 423. The Hall–Kier alpha value is -1.24. The van der Waals surface area contributed by atoms with Crippen molar-refractivity contribution in [3.05, 3.63) is 29.8 Å². The second-order valence-electron chi connectivity index (χ2n) is 3.28. The summed E-state index contributed by atoms with van der Waals surface area (Å²) < 4.78 is 51.9. The summed E-state index contributed by atoms with van der Waals surface area (Å²) in [7, 11) is -8.43. The molecule has 1 rings (SSSR count). The Morgan fingerprint density at radius 2 is 1.67 bits per heavy atom. The zero-order valence-electron chi connectivity index (χ0n) is 7.58. The van der Waals surface area contributed by atoms with Gasteiger partial charge in [0, 0.05) is 0 Å². The highest BCUT2D eigenvalue weighted by Crippen LogP contribution is 2.98. The minimum absolute atomic E-state index is 0.436. The average molecular weight is 244 g/mol. The van der Waals surface area contributed by atoms with E-state index in [2.05, 4.69) is 0 Å². The summed E-state index contributed by atoms with van der Waals surface area (Å²) in [5, 5.41) is 8.51. The van der Waals surface area contributed by atoms with Crippen LogP contribution in [0.2, 0.25) is 0 Å². The second-order valence-corrected chi connectivity index (χ2v) is 6.68. The van der Waals surface area contributed by atoms with Crippen LogP contribution in [-0.2, 0) is 0 Å². The van der Waals surface area contributed by atoms with Crippen LogP contribution in [0.4, 0.5) is 15.5 Å². The van der Waals surface area contributed by atoms with Gasteiger partial charge in [-0.2, -0.15) is 0 Å². The quantitative estimate of drug-likeness (QED) is 0.803. The summed E-state index contributed by atoms with van der Waals surface area (Å²) in [4.78, 5) is 8.80. The molecule has 0 aliphatic rings. The zero-order valence-corrected chi connectivity index (χ0v) is 8.40. The van der Waals surface area contributed by atoms with Gasteiger partial charge in [0.25, 0.3) is 0 Å². The highest BCUT2D eigenvalue weighted by atomic mass is 32.5. The number of carbonyl (C=O) groups is 1. The van der Waals surface area contributed by atoms with E-state index in [1.54, 1.807) is 0 Å². The number of aromatic carboxylic acids is 1. The molecule has 0 fully saturated rings. The minimum atomic E-state index is -8.43. The first-order valence-electron chi connectivity index (χ1n) is 3.73. The topological polar surface area (TPSA) is 37.3 Å². The molecule has 0 spiro atoms. The monoisotopic (exact) mass is 244 g/mol. The van der Waals surface area contributed by atoms with E-state index in [9.17, 15) is 20.3 Å². The van der Waals surface area contributed by atoms with Gasteiger partial charge in [-0.15, -0.1) is 15.5 Å². The molecule has 1 N–H and O–H groups in total. The lowest BCUT2D eigenvalue weighted by atomic mass is 10.2. The number of carboxylic acid groups (broad SMARTS) is 1. The number of halogens is 4. The van der Waals surface area contributed by atoms with Crippen LogP contribution in [-0.4, -0.2) is 17.3 Å². The molecule has 0 saturated heterocycles. The van der Waals surface area contributed by atoms with Gasteiger partial charge in [0.1, 0.15) is 0 Å². The molecule has 1 aromatic carbocycles. The van der Waals surface area contributed by atoms with Crippen molar-refractivity contribution < 1.29 is 25.4 Å². The summed E-state index contributed by atoms with van der Waals surface area (Å²) in [6, 6.07) is 3.21. The fourth-order valence-corrected chi connectivity index (χ4v) is 2.22. The lowest BCUT2D eigenvalue weighted by molar-refractivity contribution is 0.0691. The number of carboxylic acids is 1. The van der Waals surface area contributed by atoms with E-state index >= 15 is 0 Å². The van der Waals surface area contributed by atoms with Gasteiger partial charge in [-0.25, -0.2) is 4.79 Å². The van der Waals surface area contributed by atoms with E-state index in [1.165, 1.54) is 0 Å². The molecule has 7 heteroatoms. The lowest BCUT2D eigenvalue weighted by Crippen LogP contribution is -2.15. The average Bonchev–Trinajstić information content (AvgIpc) is 2.00. The normalized spacial score (nSPS) is 16.6. The van der Waals surface area contributed by atoms with Gasteiger partial charge in [-0.05, 0) is 12.1 Å². The summed E-state index contributed by atoms with van der Waals surface area (Å²) in [6.07, 6.45) is -0.498. The van der Waals surface area contributed by atoms with Crippen LogP contribution in [0.1, 0.15) is 10.4 Å². The molecular weight excluding hydrogens is 236 g/mol. The van der Waals surface area contributed by atoms with Crippen LogP contribution in [0.3, 0.4) is 0 Å². The maximum Gasteiger partial charge on any atom is 0.337 e. The summed E-state index contributed by atoms with van der Waals surface area (Å²) in [5.41, 5.74) is -1.07. The highest BCUT2D eigenvalue weighted by molar-refractivity contribution is 8.49. The summed E-state index contributed by atoms with van der Waals surface area (Å²) in [5.74, 6) is -1.80. The predicted molar refractivity (Wildman–Crippen MR) is 49.6 cm³/mol. The van der Waals surface area contributed by atoms with Crippen molar-refractivity contribution in [3.8, 4) is 0 Å². The molecule has 0 amide bonds. The summed E-state index contributed by atoms with van der Waals surface area (Å²) >= 11 is 0. The Morgan fingerprint density at radius 3 is 2.00 bits per heavy atom. The van der Waals surface area contributed by atoms with Crippen molar-refractivity contribution >= 4 is 15.8 Å². The van der Waals surface area contributed by atoms with Crippen molar-refractivity contribution in [2.45, 2.75) is 4.90 Å². The van der Waals surface area contributed by atoms with Crippen LogP contribution >= 0.6 is 9.84 Å². The first kappa shape index (κ1) is 11.8. The summed E-state index contributed by atoms with van der Waals surface area (Å²) in [6.45, 7) is 0. The van der Waals surface area contributed by atoms with Crippen LogP contribution in [0.15, 0.2) is 29.2 Å². The number of hydrogen-bond acceptors (Lipinski definition) is 1. The Balaban J connectivity index is 3.61. The molecule has 0 heterocycles. The smallest absolute Gasteiger partial charge is 0.337 e. The van der Waals surface area contributed by atoms with Crippen LogP contribution in [0.25, 0.3) is 0 Å². The Morgan fingerprint density at radius 1 is 1.20 bits per heavy atom. The standard InChI is InChI=1S/C8H8F4O2S/c1-15(9,10,11,12)7-5-3-2-4-6(7)8(13)14/h2-5H,1H3,(H,13,14). The highest BCUT2D eigenvalue weighted by Gasteiger charge is 2.60. The molecular formula is C8H8F4O2S. The first-order valence-corrected chi connectivity index (χ1v) is 6.19. The third-order valence-corrected chi connectivity index (χ3v) is 3.13. The molecule has 0 atom stereocenters. The maximum absolute atomic E-state index is 13.0. The van der Waals surface area contributed by atoms with E-state index in [1.807, 2.05) is 0 Å². The molecule has 1 aromatic rings. The lowest BCUT2D eigenvalue weighted by Gasteiger charge is -2.46. The molecule has 0 aliphatic carbocycles. The molecule has 0 saturated carbocycles. The third kappa shape index (κ3) is 2.62. The molecule has 2 nitrogen and oxygen atoms in total. The molecule has 15 heavy (non-hydrogen) atoms. The second kappa shape index (κ2) is 2.46. The van der Waals surface area contributed by atoms with Gasteiger partial charge in [0.15, 0.2) is 9.84 Å². The predicted octanol–water partition coefficient (Wildman–Crippen LogP) is 3.79. The van der Waals surface area contributed by atoms with Crippen LogP contribution in [0, 0.1) is 0 Å². The Labute approximate surface area is 83.0 Å². The van der Waals surface area contributed by atoms with Gasteiger partial charge >= 0.3 is 5.97 Å². The number of hydrogen-bond donors (Lipinski definition) is 1. The van der Waals surface area contributed by atoms with Crippen LogP contribution in [0.5, 0.6) is 0 Å². The molecule has 0 unspecified atom stereocenters. The van der Waals surface area contributed by atoms with Gasteiger partial charge in [0.2, 0.25) is 0 Å². The van der Waals surface area contributed by atoms with E-state index < -0.39 is 32.5 Å². The van der Waals surface area contributed by atoms with Crippen molar-refractivity contribution in [3.63, 3.8) is 0 Å². The molecule has 0 aromatic heterocycles. The van der Waals surface area contributed by atoms with Crippen molar-refractivity contribution in [1.29, 1.82) is 0 Å². The van der Waals surface area contributed by atoms with Crippen LogP contribution < -0.4 is 0 Å². The van der Waals surface area contributed by atoms with Gasteiger partial charge in [-0.1, -0.05) is 12.1 Å². The number of benzene rings is 1. The molecule has 0 bridgehead atoms. The van der Waals surface area contributed by atoms with Gasteiger partial charge in [0.05, 0.1) is 16.7 Å². The van der Waals surface area contributed by atoms with Gasteiger partial charge < -0.3 is 5.11 Å². The SMILES string of the molecule is CS(F)(F)(F)(F)c1ccccc1C(=O)O. The van der Waals surface area contributed by atoms with E-state index in [0.29, 0.717) is 6.07 Å². The third-order valence-electron chi connectivity index (χ3n) is 1.67. The zero-order chi connectivity index (χ0) is 12.0. The van der Waals surface area contributed by atoms with Crippen molar-refractivity contribution in [2.75, 3.05) is 6.26 Å². The molecule has 0 radical (unpaired) electrons.